The normalized spacial score (nSPS) is 20.5. The van der Waals surface area contributed by atoms with Crippen molar-refractivity contribution in [2.24, 2.45) is 11.8 Å². The Labute approximate surface area is 192 Å². The number of aryl methyl sites for hydroxylation is 1. The van der Waals surface area contributed by atoms with Crippen molar-refractivity contribution in [1.82, 2.24) is 24.6 Å². The van der Waals surface area contributed by atoms with E-state index in [1.165, 1.54) is 4.68 Å². The average Bonchev–Trinajstić information content (AvgIpc) is 3.39. The molecule has 0 saturated carbocycles. The van der Waals surface area contributed by atoms with Crippen LogP contribution in [0.2, 0.25) is 0 Å². The van der Waals surface area contributed by atoms with Crippen LogP contribution in [0.5, 0.6) is 5.88 Å². The highest BCUT2D eigenvalue weighted by Gasteiger charge is 2.37. The second-order valence-corrected chi connectivity index (χ2v) is 9.12. The first-order valence-corrected chi connectivity index (χ1v) is 11.2. The fraction of sp³-hybridized carbons (Fsp3) is 0.360. The van der Waals surface area contributed by atoms with Crippen LogP contribution in [0.25, 0.3) is 16.9 Å². The number of nitrogens with zero attached hydrogens (tertiary/aromatic N) is 6. The number of rotatable bonds is 3. The van der Waals surface area contributed by atoms with Crippen LogP contribution >= 0.6 is 0 Å². The molecule has 0 spiro atoms. The number of pyridine rings is 1. The van der Waals surface area contributed by atoms with Crippen molar-refractivity contribution in [3.05, 3.63) is 59.4 Å². The highest BCUT2D eigenvalue weighted by Crippen LogP contribution is 2.33. The van der Waals surface area contributed by atoms with Crippen molar-refractivity contribution in [2.75, 3.05) is 33.2 Å². The highest BCUT2D eigenvalue weighted by molar-refractivity contribution is 5.94. The zero-order valence-corrected chi connectivity index (χ0v) is 18.8. The molecular weight excluding hydrogens is 416 g/mol. The van der Waals surface area contributed by atoms with E-state index < -0.39 is 0 Å². The van der Waals surface area contributed by atoms with Crippen molar-refractivity contribution >= 4 is 5.91 Å². The lowest BCUT2D eigenvalue weighted by molar-refractivity contribution is 0.0641. The van der Waals surface area contributed by atoms with Crippen molar-refractivity contribution < 1.29 is 9.90 Å². The van der Waals surface area contributed by atoms with Crippen LogP contribution in [-0.4, -0.2) is 68.8 Å². The van der Waals surface area contributed by atoms with Crippen molar-refractivity contribution in [3.63, 3.8) is 0 Å². The Morgan fingerprint density at radius 3 is 2.67 bits per heavy atom. The fourth-order valence-electron chi connectivity index (χ4n) is 5.14. The number of amides is 1. The van der Waals surface area contributed by atoms with Crippen molar-refractivity contribution in [1.29, 1.82) is 5.26 Å². The van der Waals surface area contributed by atoms with Gasteiger partial charge in [0.05, 0.1) is 29.0 Å². The molecule has 0 radical (unpaired) electrons. The molecule has 1 aromatic carbocycles. The number of piperidine rings is 1. The van der Waals surface area contributed by atoms with E-state index in [4.69, 9.17) is 5.26 Å². The third-order valence-corrected chi connectivity index (χ3v) is 6.87. The number of benzene rings is 1. The first-order chi connectivity index (χ1) is 15.9. The first kappa shape index (κ1) is 21.2. The number of hydrogen-bond acceptors (Lipinski definition) is 6. The SMILES string of the molecule is Cc1cc(C#N)ccc1-c1cnn(-c2ccc(C(=O)N3CC[C@@H]4CN(C)C[C@@H]4C3)cn2)c1O. The zero-order valence-electron chi connectivity index (χ0n) is 18.8. The van der Waals surface area contributed by atoms with Gasteiger partial charge in [0.2, 0.25) is 5.88 Å². The summed E-state index contributed by atoms with van der Waals surface area (Å²) in [6.45, 7) is 5.63. The molecule has 8 heteroatoms. The summed E-state index contributed by atoms with van der Waals surface area (Å²) in [6.07, 6.45) is 4.18. The Morgan fingerprint density at radius 2 is 1.94 bits per heavy atom. The molecule has 4 heterocycles. The predicted molar refractivity (Wildman–Crippen MR) is 123 cm³/mol. The number of nitriles is 1. The molecule has 0 bridgehead atoms. The molecule has 2 aliphatic rings. The fourth-order valence-corrected chi connectivity index (χ4v) is 5.14. The Balaban J connectivity index is 1.34. The summed E-state index contributed by atoms with van der Waals surface area (Å²) in [5, 5.41) is 24.2. The predicted octanol–water partition coefficient (Wildman–Crippen LogP) is 2.84. The van der Waals surface area contributed by atoms with Gasteiger partial charge in [-0.15, -0.1) is 0 Å². The summed E-state index contributed by atoms with van der Waals surface area (Å²) in [7, 11) is 2.14. The molecule has 2 saturated heterocycles. The molecule has 0 unspecified atom stereocenters. The van der Waals surface area contributed by atoms with Crippen LogP contribution < -0.4 is 0 Å². The van der Waals surface area contributed by atoms with Crippen molar-refractivity contribution in [3.8, 4) is 28.9 Å². The molecule has 1 amide bonds. The first-order valence-electron chi connectivity index (χ1n) is 11.2. The number of aromatic nitrogens is 3. The van der Waals surface area contributed by atoms with Gasteiger partial charge >= 0.3 is 0 Å². The Kier molecular flexibility index (Phi) is 5.35. The summed E-state index contributed by atoms with van der Waals surface area (Å²) >= 11 is 0. The molecule has 2 aromatic heterocycles. The van der Waals surface area contributed by atoms with E-state index in [2.05, 4.69) is 28.1 Å². The topological polar surface area (TPSA) is 98.3 Å². The number of likely N-dealkylation sites (tertiary alicyclic amines) is 2. The Bertz CT molecular complexity index is 1240. The average molecular weight is 443 g/mol. The quantitative estimate of drug-likeness (QED) is 0.670. The number of aromatic hydroxyl groups is 1. The van der Waals surface area contributed by atoms with Gasteiger partial charge in [-0.05, 0) is 67.6 Å². The van der Waals surface area contributed by atoms with Gasteiger partial charge < -0.3 is 14.9 Å². The minimum absolute atomic E-state index is 0.000590. The van der Waals surface area contributed by atoms with Gasteiger partial charge in [-0.25, -0.2) is 4.98 Å². The van der Waals surface area contributed by atoms with E-state index in [1.54, 1.807) is 42.7 Å². The molecule has 2 atom stereocenters. The monoisotopic (exact) mass is 442 g/mol. The number of carbonyl (C=O) groups is 1. The van der Waals surface area contributed by atoms with Crippen LogP contribution in [0.1, 0.15) is 27.9 Å². The Morgan fingerprint density at radius 1 is 1.12 bits per heavy atom. The third kappa shape index (κ3) is 3.85. The van der Waals surface area contributed by atoms with Gasteiger partial charge in [0.15, 0.2) is 5.82 Å². The maximum atomic E-state index is 13.0. The van der Waals surface area contributed by atoms with Crippen LogP contribution in [0, 0.1) is 30.1 Å². The van der Waals surface area contributed by atoms with Crippen LogP contribution in [0.3, 0.4) is 0 Å². The second kappa shape index (κ2) is 8.34. The lowest BCUT2D eigenvalue weighted by atomic mass is 9.88. The molecule has 5 rings (SSSR count). The standard InChI is InChI=1S/C25H26N6O2/c1-16-9-17(10-26)3-5-21(16)22-12-28-31(25(22)33)23-6-4-18(11-27-23)24(32)30-8-7-19-13-29(2)14-20(19)15-30/h3-6,9,11-12,19-20,33H,7-8,13-15H2,1-2H3/t19-,20-/m1/s1. The molecule has 2 aliphatic heterocycles. The van der Waals surface area contributed by atoms with Crippen LogP contribution in [0.4, 0.5) is 0 Å². The number of hydrogen-bond donors (Lipinski definition) is 1. The van der Waals surface area contributed by atoms with Crippen molar-refractivity contribution in [2.45, 2.75) is 13.3 Å². The summed E-state index contributed by atoms with van der Waals surface area (Å²) < 4.78 is 1.35. The van der Waals surface area contributed by atoms with Gasteiger partial charge in [-0.3, -0.25) is 4.79 Å². The molecule has 8 nitrogen and oxygen atoms in total. The molecule has 1 N–H and O–H groups in total. The second-order valence-electron chi connectivity index (χ2n) is 9.12. The van der Waals surface area contributed by atoms with E-state index in [-0.39, 0.29) is 11.8 Å². The minimum atomic E-state index is -0.0400. The molecule has 168 valence electrons. The van der Waals surface area contributed by atoms with Crippen LogP contribution in [0.15, 0.2) is 42.7 Å². The summed E-state index contributed by atoms with van der Waals surface area (Å²) in [4.78, 5) is 21.7. The maximum Gasteiger partial charge on any atom is 0.255 e. The van der Waals surface area contributed by atoms with Gasteiger partial charge in [0.25, 0.3) is 5.91 Å². The van der Waals surface area contributed by atoms with Gasteiger partial charge in [-0.2, -0.15) is 15.0 Å². The van der Waals surface area contributed by atoms with Gasteiger partial charge in [-0.1, -0.05) is 6.07 Å². The molecule has 3 aromatic rings. The smallest absolute Gasteiger partial charge is 0.255 e. The Hall–Kier alpha value is -3.70. The maximum absolute atomic E-state index is 13.0. The number of carbonyl (C=O) groups excluding carboxylic acids is 1. The van der Waals surface area contributed by atoms with E-state index in [0.29, 0.717) is 34.3 Å². The lowest BCUT2D eigenvalue weighted by Gasteiger charge is -2.34. The number of fused-ring (bicyclic) bond motifs is 1. The molecule has 2 fully saturated rings. The largest absolute Gasteiger partial charge is 0.493 e. The van der Waals surface area contributed by atoms with E-state index in [1.807, 2.05) is 11.8 Å². The van der Waals surface area contributed by atoms with Gasteiger partial charge in [0.1, 0.15) is 0 Å². The lowest BCUT2D eigenvalue weighted by Crippen LogP contribution is -2.43. The minimum Gasteiger partial charge on any atom is -0.493 e. The summed E-state index contributed by atoms with van der Waals surface area (Å²) in [5.74, 6) is 1.63. The zero-order chi connectivity index (χ0) is 23.1. The van der Waals surface area contributed by atoms with Gasteiger partial charge in [0, 0.05) is 32.4 Å². The van der Waals surface area contributed by atoms with E-state index in [0.717, 1.165) is 43.7 Å². The van der Waals surface area contributed by atoms with E-state index >= 15 is 0 Å². The molecule has 33 heavy (non-hydrogen) atoms. The highest BCUT2D eigenvalue weighted by atomic mass is 16.3. The third-order valence-electron chi connectivity index (χ3n) is 6.87. The van der Waals surface area contributed by atoms with Crippen LogP contribution in [-0.2, 0) is 0 Å². The summed E-state index contributed by atoms with van der Waals surface area (Å²) in [5.41, 5.74) is 3.33. The molecular formula is C25H26N6O2. The van der Waals surface area contributed by atoms with E-state index in [9.17, 15) is 9.90 Å². The summed E-state index contributed by atoms with van der Waals surface area (Å²) in [6, 6.07) is 10.8. The molecule has 0 aliphatic carbocycles.